The second-order valence-corrected chi connectivity index (χ2v) is 7.96. The van der Waals surface area contributed by atoms with Crippen molar-refractivity contribution in [1.29, 1.82) is 0 Å². The van der Waals surface area contributed by atoms with E-state index in [1.165, 1.54) is 61.9 Å². The molecular weight excluding hydrogens is 404 g/mol. The minimum absolute atomic E-state index is 0.195. The minimum Gasteiger partial charge on any atom is -0.452 e. The number of allylic oxidation sites excluding steroid dienone is 1. The average molecular weight is 430 g/mol. The maximum absolute atomic E-state index is 12.9. The number of halogens is 4. The largest absolute Gasteiger partial charge is 0.457 e. The van der Waals surface area contributed by atoms with Crippen molar-refractivity contribution in [2.24, 2.45) is 5.92 Å². The Hall–Kier alpha value is -2.74. The van der Waals surface area contributed by atoms with Gasteiger partial charge in [-0.05, 0) is 92.3 Å². The molecule has 0 heterocycles. The van der Waals surface area contributed by atoms with E-state index in [1.807, 2.05) is 18.2 Å². The molecule has 0 aliphatic heterocycles. The van der Waals surface area contributed by atoms with Gasteiger partial charge in [0.05, 0.1) is 0 Å². The Kier molecular flexibility index (Phi) is 7.79. The quantitative estimate of drug-likeness (QED) is 0.261. The first-order valence-electron chi connectivity index (χ1n) is 10.6. The Morgan fingerprint density at radius 1 is 0.935 bits per heavy atom. The molecule has 164 valence electrons. The fourth-order valence-corrected chi connectivity index (χ4v) is 3.92. The highest BCUT2D eigenvalue weighted by Gasteiger charge is 2.42. The lowest BCUT2D eigenvalue weighted by atomic mass is 9.77. The summed E-state index contributed by atoms with van der Waals surface area (Å²) < 4.78 is 53.8. The van der Waals surface area contributed by atoms with Crippen molar-refractivity contribution < 1.29 is 22.3 Å². The fourth-order valence-electron chi connectivity index (χ4n) is 3.92. The van der Waals surface area contributed by atoms with E-state index in [2.05, 4.69) is 35.3 Å². The van der Waals surface area contributed by atoms with Crippen LogP contribution in [-0.2, 0) is 0 Å². The fraction of sp³-hybridized carbons (Fsp3) is 0.385. The van der Waals surface area contributed by atoms with E-state index in [0.717, 1.165) is 17.9 Å². The molecule has 1 aliphatic carbocycles. The van der Waals surface area contributed by atoms with Gasteiger partial charge in [-0.25, -0.2) is 0 Å². The third-order valence-corrected chi connectivity index (χ3v) is 5.71. The molecule has 0 amide bonds. The van der Waals surface area contributed by atoms with Gasteiger partial charge in [0, 0.05) is 11.1 Å². The zero-order valence-electron chi connectivity index (χ0n) is 17.3. The van der Waals surface area contributed by atoms with Crippen LogP contribution in [-0.4, -0.2) is 12.5 Å². The smallest absolute Gasteiger partial charge is 0.452 e. The van der Waals surface area contributed by atoms with E-state index in [4.69, 9.17) is 0 Å². The number of ether oxygens (including phenoxy) is 1. The van der Waals surface area contributed by atoms with Gasteiger partial charge >= 0.3 is 12.5 Å². The van der Waals surface area contributed by atoms with E-state index < -0.39 is 12.5 Å². The Morgan fingerprint density at radius 3 is 2.00 bits per heavy atom. The second-order valence-electron chi connectivity index (χ2n) is 7.96. The third-order valence-electron chi connectivity index (χ3n) is 5.71. The van der Waals surface area contributed by atoms with Crippen LogP contribution in [0.2, 0.25) is 0 Å². The first-order chi connectivity index (χ1) is 14.8. The SMILES string of the molecule is C=CCC[C@H]1CC[C@H](c2ccc(C#Cc3ccc(OC(F)C(F)(F)F)cc3)cc2)CC1. The maximum atomic E-state index is 12.9. The van der Waals surface area contributed by atoms with E-state index in [9.17, 15) is 17.6 Å². The lowest BCUT2D eigenvalue weighted by Gasteiger charge is -2.28. The number of rotatable bonds is 6. The van der Waals surface area contributed by atoms with Crippen molar-refractivity contribution in [3.05, 3.63) is 77.9 Å². The first-order valence-corrected chi connectivity index (χ1v) is 10.6. The summed E-state index contributed by atoms with van der Waals surface area (Å²) in [5.41, 5.74) is 2.82. The van der Waals surface area contributed by atoms with Crippen LogP contribution >= 0.6 is 0 Å². The molecule has 2 aromatic carbocycles. The summed E-state index contributed by atoms with van der Waals surface area (Å²) in [6.45, 7) is 3.80. The van der Waals surface area contributed by atoms with Crippen molar-refractivity contribution >= 4 is 0 Å². The number of benzene rings is 2. The molecule has 1 atom stereocenters. The van der Waals surface area contributed by atoms with Crippen molar-refractivity contribution in [3.8, 4) is 17.6 Å². The Bertz CT molecular complexity index is 896. The number of hydrogen-bond donors (Lipinski definition) is 0. The van der Waals surface area contributed by atoms with Gasteiger partial charge in [0.1, 0.15) is 5.75 Å². The van der Waals surface area contributed by atoms with Crippen LogP contribution in [0.15, 0.2) is 61.2 Å². The molecule has 0 N–H and O–H groups in total. The van der Waals surface area contributed by atoms with Gasteiger partial charge in [-0.1, -0.05) is 30.0 Å². The van der Waals surface area contributed by atoms with Crippen LogP contribution in [0, 0.1) is 17.8 Å². The molecule has 0 spiro atoms. The maximum Gasteiger partial charge on any atom is 0.457 e. The Labute approximate surface area is 181 Å². The molecule has 1 aliphatic rings. The van der Waals surface area contributed by atoms with Crippen molar-refractivity contribution in [1.82, 2.24) is 0 Å². The molecule has 31 heavy (non-hydrogen) atoms. The molecule has 1 saturated carbocycles. The highest BCUT2D eigenvalue weighted by Crippen LogP contribution is 2.37. The molecule has 0 aromatic heterocycles. The Morgan fingerprint density at radius 2 is 1.48 bits per heavy atom. The van der Waals surface area contributed by atoms with Gasteiger partial charge in [-0.3, -0.25) is 0 Å². The molecule has 0 bridgehead atoms. The van der Waals surface area contributed by atoms with E-state index in [1.54, 1.807) is 0 Å². The summed E-state index contributed by atoms with van der Waals surface area (Å²) in [5, 5.41) is 0. The van der Waals surface area contributed by atoms with Gasteiger partial charge in [0.2, 0.25) is 0 Å². The van der Waals surface area contributed by atoms with E-state index in [0.29, 0.717) is 11.5 Å². The number of hydrogen-bond acceptors (Lipinski definition) is 1. The zero-order chi connectivity index (χ0) is 22.3. The monoisotopic (exact) mass is 430 g/mol. The van der Waals surface area contributed by atoms with Crippen LogP contribution < -0.4 is 4.74 Å². The van der Waals surface area contributed by atoms with Gasteiger partial charge in [-0.15, -0.1) is 6.58 Å². The molecule has 1 unspecified atom stereocenters. The summed E-state index contributed by atoms with van der Waals surface area (Å²) >= 11 is 0. The van der Waals surface area contributed by atoms with E-state index in [-0.39, 0.29) is 5.75 Å². The lowest BCUT2D eigenvalue weighted by Crippen LogP contribution is -2.29. The molecule has 1 nitrogen and oxygen atoms in total. The van der Waals surface area contributed by atoms with Gasteiger partial charge < -0.3 is 4.74 Å². The van der Waals surface area contributed by atoms with Crippen LogP contribution in [0.5, 0.6) is 5.75 Å². The first kappa shape index (κ1) is 22.9. The predicted molar refractivity (Wildman–Crippen MR) is 115 cm³/mol. The van der Waals surface area contributed by atoms with Crippen LogP contribution in [0.25, 0.3) is 0 Å². The summed E-state index contributed by atoms with van der Waals surface area (Å²) in [5.74, 6) is 7.24. The van der Waals surface area contributed by atoms with Crippen LogP contribution in [0.1, 0.15) is 61.1 Å². The van der Waals surface area contributed by atoms with E-state index >= 15 is 0 Å². The molecular formula is C26H26F4O. The molecule has 5 heteroatoms. The van der Waals surface area contributed by atoms with Crippen molar-refractivity contribution in [3.63, 3.8) is 0 Å². The lowest BCUT2D eigenvalue weighted by molar-refractivity contribution is -0.236. The van der Waals surface area contributed by atoms with Crippen molar-refractivity contribution in [2.75, 3.05) is 0 Å². The minimum atomic E-state index is -5.05. The second kappa shape index (κ2) is 10.5. The molecule has 0 saturated heterocycles. The normalized spacial score (nSPS) is 19.7. The highest BCUT2D eigenvalue weighted by atomic mass is 19.4. The summed E-state index contributed by atoms with van der Waals surface area (Å²) in [7, 11) is 0. The number of alkyl halides is 4. The van der Waals surface area contributed by atoms with Gasteiger partial charge in [-0.2, -0.15) is 17.6 Å². The summed E-state index contributed by atoms with van der Waals surface area (Å²) in [4.78, 5) is 0. The molecule has 0 radical (unpaired) electrons. The molecule has 2 aromatic rings. The molecule has 1 fully saturated rings. The highest BCUT2D eigenvalue weighted by molar-refractivity contribution is 5.45. The van der Waals surface area contributed by atoms with Crippen LogP contribution in [0.3, 0.4) is 0 Å². The van der Waals surface area contributed by atoms with Crippen molar-refractivity contribution in [2.45, 2.75) is 57.0 Å². The topological polar surface area (TPSA) is 9.23 Å². The van der Waals surface area contributed by atoms with Gasteiger partial charge in [0.15, 0.2) is 0 Å². The third kappa shape index (κ3) is 6.89. The summed E-state index contributed by atoms with van der Waals surface area (Å²) in [6, 6.07) is 13.8. The molecule has 3 rings (SSSR count). The van der Waals surface area contributed by atoms with Gasteiger partial charge in [0.25, 0.3) is 0 Å². The standard InChI is InChI=1S/C26H26F4O/c1-2-3-4-19-7-13-22(14-8-19)23-15-9-20(10-16-23)5-6-21-11-17-24(18-12-21)31-25(27)26(28,29)30/h2,9-12,15-19,22,25H,1,3-4,7-8,13-14H2/t19-,22-,25?. The Balaban J connectivity index is 1.54. The average Bonchev–Trinajstić information content (AvgIpc) is 2.77. The summed E-state index contributed by atoms with van der Waals surface area (Å²) in [6.07, 6.45) is 0.931. The predicted octanol–water partition coefficient (Wildman–Crippen LogP) is 7.56. The zero-order valence-corrected chi connectivity index (χ0v) is 17.3. The van der Waals surface area contributed by atoms with Crippen LogP contribution in [0.4, 0.5) is 17.6 Å².